The molecule has 0 saturated carbocycles. The Balaban J connectivity index is 2.16. The summed E-state index contributed by atoms with van der Waals surface area (Å²) in [6.07, 6.45) is 5.91. The summed E-state index contributed by atoms with van der Waals surface area (Å²) in [5.41, 5.74) is 3.81. The van der Waals surface area contributed by atoms with Gasteiger partial charge >= 0.3 is 0 Å². The highest BCUT2D eigenvalue weighted by molar-refractivity contribution is 5.98. The zero-order valence-corrected chi connectivity index (χ0v) is 12.2. The van der Waals surface area contributed by atoms with Crippen LogP contribution in [-0.2, 0) is 6.54 Å². The fraction of sp³-hybridized carbons (Fsp3) is 0.0500. The van der Waals surface area contributed by atoms with Gasteiger partial charge < -0.3 is 4.57 Å². The summed E-state index contributed by atoms with van der Waals surface area (Å²) in [4.78, 5) is 0. The average molecular weight is 284 g/mol. The molecule has 2 aromatic carbocycles. The van der Waals surface area contributed by atoms with Crippen molar-refractivity contribution < 1.29 is 0 Å². The van der Waals surface area contributed by atoms with E-state index in [0.29, 0.717) is 5.57 Å². The van der Waals surface area contributed by atoms with Crippen molar-refractivity contribution in [2.24, 2.45) is 0 Å². The van der Waals surface area contributed by atoms with Crippen molar-refractivity contribution in [3.63, 3.8) is 0 Å². The smallest absolute Gasteiger partial charge is 0.0998 e. The van der Waals surface area contributed by atoms with Crippen molar-refractivity contribution in [2.75, 3.05) is 0 Å². The number of hydrogen-bond donors (Lipinski definition) is 0. The third-order valence-electron chi connectivity index (χ3n) is 3.65. The van der Waals surface area contributed by atoms with Crippen LogP contribution in [-0.4, -0.2) is 4.57 Å². The zero-order chi connectivity index (χ0) is 15.4. The predicted molar refractivity (Wildman–Crippen MR) is 92.1 cm³/mol. The molecule has 0 N–H and O–H groups in total. The van der Waals surface area contributed by atoms with E-state index in [0.717, 1.165) is 28.6 Å². The molecule has 0 aliphatic heterocycles. The van der Waals surface area contributed by atoms with Crippen LogP contribution in [0.5, 0.6) is 0 Å². The maximum absolute atomic E-state index is 9.48. The minimum atomic E-state index is 0.669. The minimum absolute atomic E-state index is 0.669. The van der Waals surface area contributed by atoms with Gasteiger partial charge in [0.1, 0.15) is 0 Å². The van der Waals surface area contributed by atoms with Crippen molar-refractivity contribution in [1.82, 2.24) is 4.57 Å². The molecule has 3 rings (SSSR count). The van der Waals surface area contributed by atoms with Crippen LogP contribution < -0.4 is 0 Å². The summed E-state index contributed by atoms with van der Waals surface area (Å²) in [5.74, 6) is 0. The van der Waals surface area contributed by atoms with Gasteiger partial charge in [-0.15, -0.1) is 6.58 Å². The first-order valence-corrected chi connectivity index (χ1v) is 7.19. The van der Waals surface area contributed by atoms with Gasteiger partial charge in [-0.2, -0.15) is 5.26 Å². The van der Waals surface area contributed by atoms with E-state index in [1.54, 1.807) is 0 Å². The van der Waals surface area contributed by atoms with Gasteiger partial charge in [0, 0.05) is 29.2 Å². The number of rotatable bonds is 4. The summed E-state index contributed by atoms with van der Waals surface area (Å²) in [6.45, 7) is 4.56. The number of benzene rings is 2. The molecular formula is C20H16N2. The Hall–Kier alpha value is -3.05. The molecule has 2 nitrogen and oxygen atoms in total. The molecule has 1 aromatic heterocycles. The number of hydrogen-bond acceptors (Lipinski definition) is 1. The molecule has 0 fully saturated rings. The van der Waals surface area contributed by atoms with E-state index in [-0.39, 0.29) is 0 Å². The summed E-state index contributed by atoms with van der Waals surface area (Å²) < 4.78 is 2.15. The summed E-state index contributed by atoms with van der Waals surface area (Å²) in [6, 6.07) is 20.3. The third-order valence-corrected chi connectivity index (χ3v) is 3.65. The molecule has 2 heteroatoms. The predicted octanol–water partition coefficient (Wildman–Crippen LogP) is 4.89. The molecule has 0 spiro atoms. The summed E-state index contributed by atoms with van der Waals surface area (Å²) in [5, 5.41) is 10.6. The van der Waals surface area contributed by atoms with Crippen molar-refractivity contribution in [1.29, 1.82) is 5.26 Å². The highest BCUT2D eigenvalue weighted by atomic mass is 14.9. The van der Waals surface area contributed by atoms with Gasteiger partial charge in [0.15, 0.2) is 0 Å². The topological polar surface area (TPSA) is 28.7 Å². The van der Waals surface area contributed by atoms with Crippen LogP contribution in [0.1, 0.15) is 11.1 Å². The van der Waals surface area contributed by atoms with Crippen LogP contribution in [0.3, 0.4) is 0 Å². The zero-order valence-electron chi connectivity index (χ0n) is 12.2. The second-order valence-corrected chi connectivity index (χ2v) is 5.08. The first kappa shape index (κ1) is 13.9. The molecule has 0 amide bonds. The van der Waals surface area contributed by atoms with E-state index in [1.807, 2.05) is 54.6 Å². The lowest BCUT2D eigenvalue weighted by atomic mass is 10.0. The van der Waals surface area contributed by atoms with Crippen LogP contribution in [0.15, 0.2) is 73.4 Å². The normalized spacial score (nSPS) is 11.3. The first-order valence-electron chi connectivity index (χ1n) is 7.19. The second kappa shape index (κ2) is 6.15. The molecule has 22 heavy (non-hydrogen) atoms. The molecule has 0 aliphatic carbocycles. The monoisotopic (exact) mass is 284 g/mol. The van der Waals surface area contributed by atoms with Gasteiger partial charge in [0.25, 0.3) is 0 Å². The van der Waals surface area contributed by atoms with E-state index in [1.165, 1.54) is 0 Å². The highest BCUT2D eigenvalue weighted by Gasteiger charge is 2.07. The Morgan fingerprint density at radius 2 is 1.82 bits per heavy atom. The Morgan fingerprint density at radius 1 is 1.09 bits per heavy atom. The molecule has 0 bridgehead atoms. The fourth-order valence-electron chi connectivity index (χ4n) is 2.63. The van der Waals surface area contributed by atoms with Crippen molar-refractivity contribution in [2.45, 2.75) is 6.54 Å². The van der Waals surface area contributed by atoms with Crippen LogP contribution in [0, 0.1) is 11.3 Å². The van der Waals surface area contributed by atoms with E-state index in [2.05, 4.69) is 35.5 Å². The molecular weight excluding hydrogens is 268 g/mol. The molecule has 0 aliphatic rings. The van der Waals surface area contributed by atoms with E-state index < -0.39 is 0 Å². The van der Waals surface area contributed by atoms with Gasteiger partial charge in [0.05, 0.1) is 11.6 Å². The Bertz CT molecular complexity index is 877. The van der Waals surface area contributed by atoms with Gasteiger partial charge in [-0.05, 0) is 17.7 Å². The molecule has 0 unspecified atom stereocenters. The SMILES string of the molecule is C=CCn1cc(/C=C(/C#N)c2ccccc2)c2ccccc21. The summed E-state index contributed by atoms with van der Waals surface area (Å²) in [7, 11) is 0. The minimum Gasteiger partial charge on any atom is -0.343 e. The number of nitriles is 1. The number of allylic oxidation sites excluding steroid dienone is 2. The maximum Gasteiger partial charge on any atom is 0.0998 e. The van der Waals surface area contributed by atoms with Crippen LogP contribution >= 0.6 is 0 Å². The largest absolute Gasteiger partial charge is 0.343 e. The molecule has 0 atom stereocenters. The first-order chi connectivity index (χ1) is 10.8. The Labute approximate surface area is 130 Å². The number of fused-ring (bicyclic) bond motifs is 1. The Morgan fingerprint density at radius 3 is 2.55 bits per heavy atom. The highest BCUT2D eigenvalue weighted by Crippen LogP contribution is 2.26. The summed E-state index contributed by atoms with van der Waals surface area (Å²) >= 11 is 0. The van der Waals surface area contributed by atoms with Crippen LogP contribution in [0.25, 0.3) is 22.6 Å². The molecule has 3 aromatic rings. The lowest BCUT2D eigenvalue weighted by Crippen LogP contribution is -1.91. The quantitative estimate of drug-likeness (QED) is 0.495. The van der Waals surface area contributed by atoms with E-state index in [9.17, 15) is 5.26 Å². The third kappa shape index (κ3) is 2.57. The van der Waals surface area contributed by atoms with Gasteiger partial charge in [0.2, 0.25) is 0 Å². The second-order valence-electron chi connectivity index (χ2n) is 5.08. The van der Waals surface area contributed by atoms with Gasteiger partial charge in [-0.3, -0.25) is 0 Å². The lowest BCUT2D eigenvalue weighted by molar-refractivity contribution is 0.865. The Kier molecular flexibility index (Phi) is 3.89. The average Bonchev–Trinajstić information content (AvgIpc) is 2.92. The van der Waals surface area contributed by atoms with Gasteiger partial charge in [-0.1, -0.05) is 54.6 Å². The molecule has 0 radical (unpaired) electrons. The van der Waals surface area contributed by atoms with Crippen LogP contribution in [0.4, 0.5) is 0 Å². The molecule has 106 valence electrons. The standard InChI is InChI=1S/C20H16N2/c1-2-12-22-15-18(19-10-6-7-11-20(19)22)13-17(14-21)16-8-4-3-5-9-16/h2-11,13,15H,1,12H2/b17-13-. The van der Waals surface area contributed by atoms with Crippen molar-refractivity contribution >= 4 is 22.6 Å². The van der Waals surface area contributed by atoms with E-state index >= 15 is 0 Å². The van der Waals surface area contributed by atoms with Crippen LogP contribution in [0.2, 0.25) is 0 Å². The number of para-hydroxylation sites is 1. The maximum atomic E-state index is 9.48. The molecule has 1 heterocycles. The molecule has 0 saturated heterocycles. The number of aromatic nitrogens is 1. The number of nitrogens with zero attached hydrogens (tertiary/aromatic N) is 2. The lowest BCUT2D eigenvalue weighted by Gasteiger charge is -1.98. The van der Waals surface area contributed by atoms with Crippen molar-refractivity contribution in [3.05, 3.63) is 84.6 Å². The van der Waals surface area contributed by atoms with Crippen molar-refractivity contribution in [3.8, 4) is 6.07 Å². The van der Waals surface area contributed by atoms with Gasteiger partial charge in [-0.25, -0.2) is 0 Å². The fourth-order valence-corrected chi connectivity index (χ4v) is 2.63. The van der Waals surface area contributed by atoms with E-state index in [4.69, 9.17) is 0 Å².